The van der Waals surface area contributed by atoms with Crippen molar-refractivity contribution in [3.63, 3.8) is 0 Å². The van der Waals surface area contributed by atoms with Crippen molar-refractivity contribution in [2.75, 3.05) is 28.2 Å². The van der Waals surface area contributed by atoms with E-state index in [1.165, 1.54) is 0 Å². The van der Waals surface area contributed by atoms with Gasteiger partial charge in [0.15, 0.2) is 0 Å². The molecule has 0 fully saturated rings. The number of halogens is 2. The molecule has 0 spiro atoms. The Morgan fingerprint density at radius 2 is 1.00 bits per heavy atom. The number of phenols is 2. The topological polar surface area (TPSA) is 46.9 Å². The maximum absolute atomic E-state index is 10.3. The number of hydrogen-bond acceptors (Lipinski definition) is 4. The van der Waals surface area contributed by atoms with Crippen molar-refractivity contribution in [2.24, 2.45) is 0 Å². The van der Waals surface area contributed by atoms with E-state index in [9.17, 15) is 10.2 Å². The van der Waals surface area contributed by atoms with Crippen LogP contribution in [0.3, 0.4) is 0 Å². The van der Waals surface area contributed by atoms with Crippen molar-refractivity contribution >= 4 is 36.0 Å². The summed E-state index contributed by atoms with van der Waals surface area (Å²) in [5.41, 5.74) is 5.96. The molecule has 0 radical (unpaired) electrons. The molecule has 2 aromatic carbocycles. The van der Waals surface area contributed by atoms with Crippen molar-refractivity contribution in [3.8, 4) is 11.5 Å². The van der Waals surface area contributed by atoms with Crippen LogP contribution >= 0.6 is 24.8 Å². The monoisotopic (exact) mass is 426 g/mol. The number of aromatic hydroxyl groups is 2. The van der Waals surface area contributed by atoms with Gasteiger partial charge in [0, 0.05) is 24.2 Å². The Morgan fingerprint density at radius 1 is 0.679 bits per heavy atom. The van der Waals surface area contributed by atoms with E-state index in [2.05, 4.69) is 0 Å². The minimum Gasteiger partial charge on any atom is -0.508 e. The number of allylic oxidation sites excluding steroid dienone is 2. The van der Waals surface area contributed by atoms with Gasteiger partial charge in [0.1, 0.15) is 11.5 Å². The van der Waals surface area contributed by atoms with Gasteiger partial charge in [-0.1, -0.05) is 24.3 Å². The summed E-state index contributed by atoms with van der Waals surface area (Å²) in [7, 11) is 7.92. The summed E-state index contributed by atoms with van der Waals surface area (Å²) in [6.45, 7) is 5.49. The molecule has 6 heteroatoms. The normalized spacial score (nSPS) is 11.7. The summed E-state index contributed by atoms with van der Waals surface area (Å²) in [6, 6.07) is 11.7. The zero-order valence-electron chi connectivity index (χ0n) is 17.5. The lowest BCUT2D eigenvalue weighted by Gasteiger charge is -2.15. The van der Waals surface area contributed by atoms with Crippen LogP contribution < -0.4 is 0 Å². The van der Waals surface area contributed by atoms with Crippen molar-refractivity contribution < 1.29 is 10.2 Å². The highest BCUT2D eigenvalue weighted by atomic mass is 35.5. The number of nitrogens with zero attached hydrogens (tertiary/aromatic N) is 2. The van der Waals surface area contributed by atoms with Crippen LogP contribution in [-0.2, 0) is 13.1 Å². The molecule has 0 aliphatic carbocycles. The molecule has 28 heavy (non-hydrogen) atoms. The molecule has 0 heterocycles. The summed E-state index contributed by atoms with van der Waals surface area (Å²) in [5.74, 6) is 0.625. The highest BCUT2D eigenvalue weighted by molar-refractivity contribution is 5.89. The fraction of sp³-hybridized carbons (Fsp3) is 0.364. The maximum Gasteiger partial charge on any atom is 0.120 e. The van der Waals surface area contributed by atoms with Crippen molar-refractivity contribution in [1.29, 1.82) is 0 Å². The van der Waals surface area contributed by atoms with Crippen LogP contribution in [0, 0.1) is 0 Å². The average Bonchev–Trinajstić information content (AvgIpc) is 2.56. The molecule has 0 aromatic heterocycles. The van der Waals surface area contributed by atoms with E-state index in [0.29, 0.717) is 24.6 Å². The fourth-order valence-electron chi connectivity index (χ4n) is 2.98. The van der Waals surface area contributed by atoms with Gasteiger partial charge in [-0.2, -0.15) is 0 Å². The van der Waals surface area contributed by atoms with E-state index in [-0.39, 0.29) is 24.8 Å². The first-order valence-electron chi connectivity index (χ1n) is 8.80. The van der Waals surface area contributed by atoms with E-state index >= 15 is 0 Å². The molecular formula is C22H32Cl2N2O2. The summed E-state index contributed by atoms with van der Waals surface area (Å²) < 4.78 is 0. The largest absolute Gasteiger partial charge is 0.508 e. The second kappa shape index (κ2) is 11.3. The van der Waals surface area contributed by atoms with E-state index < -0.39 is 0 Å². The maximum atomic E-state index is 10.3. The van der Waals surface area contributed by atoms with Gasteiger partial charge in [-0.05, 0) is 76.4 Å². The quantitative estimate of drug-likeness (QED) is 0.636. The van der Waals surface area contributed by atoms with Crippen LogP contribution in [-0.4, -0.2) is 48.2 Å². The number of benzene rings is 2. The molecule has 0 atom stereocenters. The van der Waals surface area contributed by atoms with Gasteiger partial charge >= 0.3 is 0 Å². The molecule has 0 aliphatic rings. The SMILES string of the molecule is CC(=C(C)c1ccc(CN(C)C)c(O)c1)c1ccc(CN(C)C)c(O)c1.Cl.Cl. The highest BCUT2D eigenvalue weighted by Crippen LogP contribution is 2.31. The molecule has 2 N–H and O–H groups in total. The summed E-state index contributed by atoms with van der Waals surface area (Å²) in [6.07, 6.45) is 0. The van der Waals surface area contributed by atoms with Gasteiger partial charge in [-0.3, -0.25) is 0 Å². The lowest BCUT2D eigenvalue weighted by Crippen LogP contribution is -2.10. The van der Waals surface area contributed by atoms with Gasteiger partial charge in [0.25, 0.3) is 0 Å². The summed E-state index contributed by atoms with van der Waals surface area (Å²) in [5, 5.41) is 20.6. The second-order valence-corrected chi connectivity index (χ2v) is 7.41. The predicted molar refractivity (Wildman–Crippen MR) is 124 cm³/mol. The predicted octanol–water partition coefficient (Wildman–Crippen LogP) is 5.02. The van der Waals surface area contributed by atoms with E-state index in [4.69, 9.17) is 0 Å². The van der Waals surface area contributed by atoms with Crippen LogP contribution in [0.2, 0.25) is 0 Å². The summed E-state index contributed by atoms with van der Waals surface area (Å²) >= 11 is 0. The molecule has 2 aromatic rings. The number of hydrogen-bond donors (Lipinski definition) is 2. The Kier molecular flexibility index (Phi) is 10.6. The molecule has 156 valence electrons. The van der Waals surface area contributed by atoms with Crippen LogP contribution in [0.1, 0.15) is 36.1 Å². The van der Waals surface area contributed by atoms with Gasteiger partial charge in [-0.15, -0.1) is 24.8 Å². The third-order valence-electron chi connectivity index (χ3n) is 4.57. The lowest BCUT2D eigenvalue weighted by atomic mass is 9.95. The van der Waals surface area contributed by atoms with Crippen molar-refractivity contribution in [1.82, 2.24) is 9.80 Å². The Bertz CT molecular complexity index is 751. The first-order chi connectivity index (χ1) is 12.2. The Morgan fingerprint density at radius 3 is 1.25 bits per heavy atom. The Balaban J connectivity index is 0.00000364. The van der Waals surface area contributed by atoms with Crippen molar-refractivity contribution in [2.45, 2.75) is 26.9 Å². The van der Waals surface area contributed by atoms with Crippen LogP contribution in [0.25, 0.3) is 11.1 Å². The average molecular weight is 427 g/mol. The molecule has 0 amide bonds. The standard InChI is InChI=1S/C22H30N2O2.2ClH/c1-15(17-7-9-19(13-23(3)4)21(25)11-17)16(2)18-8-10-20(14-24(5)6)22(26)12-18;;/h7-12,25-26H,13-14H2,1-6H3;2*1H. The first kappa shape index (κ1) is 26.3. The van der Waals surface area contributed by atoms with Gasteiger partial charge < -0.3 is 20.0 Å². The zero-order valence-corrected chi connectivity index (χ0v) is 19.1. The van der Waals surface area contributed by atoms with Gasteiger partial charge in [-0.25, -0.2) is 0 Å². The molecule has 0 bridgehead atoms. The minimum atomic E-state index is 0. The van der Waals surface area contributed by atoms with Crippen LogP contribution in [0.5, 0.6) is 11.5 Å². The Hall–Kier alpha value is -1.72. The van der Waals surface area contributed by atoms with Gasteiger partial charge in [0.05, 0.1) is 0 Å². The van der Waals surface area contributed by atoms with E-state index in [0.717, 1.165) is 33.4 Å². The molecular weight excluding hydrogens is 395 g/mol. The highest BCUT2D eigenvalue weighted by Gasteiger charge is 2.10. The van der Waals surface area contributed by atoms with E-state index in [1.54, 1.807) is 0 Å². The van der Waals surface area contributed by atoms with Crippen LogP contribution in [0.4, 0.5) is 0 Å². The van der Waals surface area contributed by atoms with Crippen LogP contribution in [0.15, 0.2) is 36.4 Å². The molecule has 0 saturated carbocycles. The smallest absolute Gasteiger partial charge is 0.120 e. The molecule has 0 unspecified atom stereocenters. The minimum absolute atomic E-state index is 0. The summed E-state index contributed by atoms with van der Waals surface area (Å²) in [4.78, 5) is 4.06. The Labute approximate surface area is 181 Å². The third kappa shape index (κ3) is 6.71. The lowest BCUT2D eigenvalue weighted by molar-refractivity contribution is 0.386. The molecule has 4 nitrogen and oxygen atoms in total. The molecule has 0 aliphatic heterocycles. The first-order valence-corrected chi connectivity index (χ1v) is 8.80. The second-order valence-electron chi connectivity index (χ2n) is 7.41. The molecule has 2 rings (SSSR count). The number of rotatable bonds is 6. The number of phenolic OH excluding ortho intramolecular Hbond substituents is 2. The zero-order chi connectivity index (χ0) is 19.4. The van der Waals surface area contributed by atoms with E-state index in [1.807, 2.05) is 88.2 Å². The third-order valence-corrected chi connectivity index (χ3v) is 4.57. The fourth-order valence-corrected chi connectivity index (χ4v) is 2.98. The molecule has 0 saturated heterocycles. The van der Waals surface area contributed by atoms with Crippen molar-refractivity contribution in [3.05, 3.63) is 58.7 Å². The van der Waals surface area contributed by atoms with Gasteiger partial charge in [0.2, 0.25) is 0 Å².